The van der Waals surface area contributed by atoms with Crippen LogP contribution in [0.5, 0.6) is 5.75 Å². The molecule has 0 radical (unpaired) electrons. The number of hydrogen-bond donors (Lipinski definition) is 0. The van der Waals surface area contributed by atoms with Crippen molar-refractivity contribution in [2.75, 3.05) is 0 Å². The summed E-state index contributed by atoms with van der Waals surface area (Å²) in [5.74, 6) is 0.438. The molecule has 0 aromatic heterocycles. The van der Waals surface area contributed by atoms with Crippen LogP contribution in [0.4, 0.5) is 0 Å². The first-order chi connectivity index (χ1) is 5.79. The Labute approximate surface area is 71.2 Å². The molecule has 0 saturated carbocycles. The van der Waals surface area contributed by atoms with E-state index < -0.39 is 0 Å². The molecule has 0 bridgehead atoms. The highest BCUT2D eigenvalue weighted by molar-refractivity contribution is 5.81. The molecule has 0 amide bonds. The van der Waals surface area contributed by atoms with E-state index in [2.05, 4.69) is 0 Å². The molecule has 1 rings (SSSR count). The second-order valence-electron chi connectivity index (χ2n) is 2.32. The highest BCUT2D eigenvalue weighted by atomic mass is 16.5. The predicted octanol–water partition coefficient (Wildman–Crippen LogP) is 1.78. The standard InChI is InChI=1S/C10H8O2/c1-3-12-10-6-4-5-8(2)9(10)7-11/h1,4-7H,2H3. The zero-order valence-corrected chi connectivity index (χ0v) is 6.70. The largest absolute Gasteiger partial charge is 0.407 e. The van der Waals surface area contributed by atoms with Gasteiger partial charge in [-0.15, -0.1) is 0 Å². The second kappa shape index (κ2) is 3.59. The Morgan fingerprint density at radius 1 is 1.58 bits per heavy atom. The average molecular weight is 160 g/mol. The monoisotopic (exact) mass is 160 g/mol. The van der Waals surface area contributed by atoms with Gasteiger partial charge in [0.25, 0.3) is 0 Å². The zero-order chi connectivity index (χ0) is 8.97. The molecule has 0 saturated heterocycles. The summed E-state index contributed by atoms with van der Waals surface area (Å²) in [6, 6.07) is 5.28. The Morgan fingerprint density at radius 2 is 2.33 bits per heavy atom. The molecule has 0 N–H and O–H groups in total. The SMILES string of the molecule is C#COc1cccc(C)c1C=O. The summed E-state index contributed by atoms with van der Waals surface area (Å²) < 4.78 is 4.81. The molecular formula is C10H8O2. The third-order valence-electron chi connectivity index (χ3n) is 1.57. The molecular weight excluding hydrogens is 152 g/mol. The normalized spacial score (nSPS) is 8.67. The van der Waals surface area contributed by atoms with E-state index in [0.717, 1.165) is 11.8 Å². The minimum Gasteiger partial charge on any atom is -0.407 e. The number of terminal acetylenes is 1. The first-order valence-corrected chi connectivity index (χ1v) is 3.47. The molecule has 1 aromatic rings. The highest BCUT2D eigenvalue weighted by Gasteiger charge is 2.03. The fourth-order valence-electron chi connectivity index (χ4n) is 0.957. The van der Waals surface area contributed by atoms with Crippen LogP contribution in [-0.2, 0) is 0 Å². The molecule has 12 heavy (non-hydrogen) atoms. The van der Waals surface area contributed by atoms with Gasteiger partial charge in [-0.2, -0.15) is 0 Å². The Balaban J connectivity index is 3.19. The molecule has 2 heteroatoms. The van der Waals surface area contributed by atoms with Crippen molar-refractivity contribution in [3.63, 3.8) is 0 Å². The van der Waals surface area contributed by atoms with E-state index in [1.54, 1.807) is 12.1 Å². The van der Waals surface area contributed by atoms with Crippen molar-refractivity contribution in [1.29, 1.82) is 0 Å². The van der Waals surface area contributed by atoms with E-state index in [4.69, 9.17) is 11.2 Å². The van der Waals surface area contributed by atoms with Crippen LogP contribution < -0.4 is 4.74 Å². The van der Waals surface area contributed by atoms with Gasteiger partial charge in [0.2, 0.25) is 0 Å². The van der Waals surface area contributed by atoms with Crippen molar-refractivity contribution in [3.8, 4) is 18.3 Å². The number of benzene rings is 1. The van der Waals surface area contributed by atoms with E-state index in [-0.39, 0.29) is 0 Å². The van der Waals surface area contributed by atoms with Crippen LogP contribution in [0.1, 0.15) is 15.9 Å². The molecule has 0 heterocycles. The van der Waals surface area contributed by atoms with E-state index in [9.17, 15) is 4.79 Å². The first-order valence-electron chi connectivity index (χ1n) is 3.47. The van der Waals surface area contributed by atoms with Gasteiger partial charge in [0.05, 0.1) is 5.56 Å². The third-order valence-corrected chi connectivity index (χ3v) is 1.57. The number of aryl methyl sites for hydroxylation is 1. The van der Waals surface area contributed by atoms with Crippen LogP contribution in [0.15, 0.2) is 18.2 Å². The Bertz CT molecular complexity index is 334. The minimum atomic E-state index is 0.438. The van der Waals surface area contributed by atoms with Crippen LogP contribution in [0.25, 0.3) is 0 Å². The summed E-state index contributed by atoms with van der Waals surface area (Å²) in [6.45, 7) is 1.83. The van der Waals surface area contributed by atoms with Gasteiger partial charge in [0.1, 0.15) is 6.11 Å². The van der Waals surface area contributed by atoms with Crippen LogP contribution in [0.2, 0.25) is 0 Å². The van der Waals surface area contributed by atoms with Gasteiger partial charge in [0.15, 0.2) is 12.0 Å². The summed E-state index contributed by atoms with van der Waals surface area (Å²) in [7, 11) is 0. The Hall–Kier alpha value is -1.75. The van der Waals surface area contributed by atoms with Gasteiger partial charge < -0.3 is 4.74 Å². The lowest BCUT2D eigenvalue weighted by Crippen LogP contribution is -1.92. The Morgan fingerprint density at radius 3 is 2.92 bits per heavy atom. The van der Waals surface area contributed by atoms with Crippen LogP contribution in [0, 0.1) is 19.5 Å². The van der Waals surface area contributed by atoms with Gasteiger partial charge in [0, 0.05) is 0 Å². The number of aldehydes is 1. The maximum absolute atomic E-state index is 10.6. The number of hydrogen-bond acceptors (Lipinski definition) is 2. The Kier molecular flexibility index (Phi) is 2.49. The first kappa shape index (κ1) is 8.35. The van der Waals surface area contributed by atoms with Gasteiger partial charge in [-0.1, -0.05) is 18.6 Å². The van der Waals surface area contributed by atoms with Crippen molar-refractivity contribution < 1.29 is 9.53 Å². The molecule has 60 valence electrons. The van der Waals surface area contributed by atoms with Crippen LogP contribution in [0.3, 0.4) is 0 Å². The molecule has 0 unspecified atom stereocenters. The van der Waals surface area contributed by atoms with Crippen molar-refractivity contribution in [1.82, 2.24) is 0 Å². The molecule has 0 aliphatic rings. The van der Waals surface area contributed by atoms with Crippen molar-refractivity contribution in [3.05, 3.63) is 29.3 Å². The van der Waals surface area contributed by atoms with Crippen LogP contribution in [-0.4, -0.2) is 6.29 Å². The van der Waals surface area contributed by atoms with Gasteiger partial charge in [-0.05, 0) is 18.6 Å². The fourth-order valence-corrected chi connectivity index (χ4v) is 0.957. The summed E-state index contributed by atoms with van der Waals surface area (Å²) >= 11 is 0. The summed E-state index contributed by atoms with van der Waals surface area (Å²) in [6.07, 6.45) is 7.71. The third kappa shape index (κ3) is 1.46. The molecule has 0 spiro atoms. The number of carbonyl (C=O) groups excluding carboxylic acids is 1. The number of rotatable bonds is 2. The zero-order valence-electron chi connectivity index (χ0n) is 6.70. The van der Waals surface area contributed by atoms with E-state index >= 15 is 0 Å². The summed E-state index contributed by atoms with van der Waals surface area (Å²) in [5.41, 5.74) is 1.37. The summed E-state index contributed by atoms with van der Waals surface area (Å²) in [5, 5.41) is 0. The predicted molar refractivity (Wildman–Crippen MR) is 46.0 cm³/mol. The quantitative estimate of drug-likeness (QED) is 0.487. The molecule has 0 aliphatic carbocycles. The lowest BCUT2D eigenvalue weighted by atomic mass is 10.1. The topological polar surface area (TPSA) is 26.3 Å². The van der Waals surface area contributed by atoms with Crippen molar-refractivity contribution >= 4 is 6.29 Å². The molecule has 0 aliphatic heterocycles. The minimum absolute atomic E-state index is 0.438. The van der Waals surface area contributed by atoms with Gasteiger partial charge >= 0.3 is 0 Å². The number of ether oxygens (including phenoxy) is 1. The lowest BCUT2D eigenvalue weighted by Gasteiger charge is -2.02. The lowest BCUT2D eigenvalue weighted by molar-refractivity contribution is 0.112. The maximum atomic E-state index is 10.6. The molecule has 1 aromatic carbocycles. The van der Waals surface area contributed by atoms with Crippen LogP contribution >= 0.6 is 0 Å². The summed E-state index contributed by atoms with van der Waals surface area (Å²) in [4.78, 5) is 10.6. The fraction of sp³-hybridized carbons (Fsp3) is 0.100. The van der Waals surface area contributed by atoms with E-state index in [0.29, 0.717) is 11.3 Å². The molecule has 0 atom stereocenters. The van der Waals surface area contributed by atoms with Crippen molar-refractivity contribution in [2.45, 2.75) is 6.92 Å². The van der Waals surface area contributed by atoms with E-state index in [1.807, 2.05) is 19.1 Å². The van der Waals surface area contributed by atoms with Gasteiger partial charge in [-0.3, -0.25) is 4.79 Å². The highest BCUT2D eigenvalue weighted by Crippen LogP contribution is 2.19. The smallest absolute Gasteiger partial charge is 0.154 e. The maximum Gasteiger partial charge on any atom is 0.154 e. The van der Waals surface area contributed by atoms with Gasteiger partial charge in [-0.25, -0.2) is 0 Å². The molecule has 2 nitrogen and oxygen atoms in total. The van der Waals surface area contributed by atoms with Crippen molar-refractivity contribution in [2.24, 2.45) is 0 Å². The second-order valence-corrected chi connectivity index (χ2v) is 2.32. The molecule has 0 fully saturated rings. The number of carbonyl (C=O) groups is 1. The van der Waals surface area contributed by atoms with E-state index in [1.165, 1.54) is 0 Å². The average Bonchev–Trinajstić information content (AvgIpc) is 2.05.